The predicted molar refractivity (Wildman–Crippen MR) is 70.2 cm³/mol. The SMILES string of the molecule is COC(=O)C(C)(N)COCCCc1ccccc1. The molecule has 0 saturated heterocycles. The van der Waals surface area contributed by atoms with E-state index in [1.54, 1.807) is 6.92 Å². The summed E-state index contributed by atoms with van der Waals surface area (Å²) in [6.07, 6.45) is 1.86. The molecule has 0 spiro atoms. The number of hydrogen-bond donors (Lipinski definition) is 1. The van der Waals surface area contributed by atoms with Crippen molar-refractivity contribution in [2.45, 2.75) is 25.3 Å². The van der Waals surface area contributed by atoms with Crippen LogP contribution in [0, 0.1) is 0 Å². The molecule has 0 radical (unpaired) electrons. The molecular formula is C14H21NO3. The fourth-order valence-electron chi connectivity index (χ4n) is 1.60. The lowest BCUT2D eigenvalue weighted by Gasteiger charge is -2.21. The Morgan fingerprint density at radius 1 is 1.33 bits per heavy atom. The van der Waals surface area contributed by atoms with E-state index < -0.39 is 11.5 Å². The average molecular weight is 251 g/mol. The van der Waals surface area contributed by atoms with Crippen LogP contribution in [-0.4, -0.2) is 31.8 Å². The van der Waals surface area contributed by atoms with Gasteiger partial charge in [0.1, 0.15) is 5.54 Å². The van der Waals surface area contributed by atoms with Crippen molar-refractivity contribution in [1.29, 1.82) is 0 Å². The van der Waals surface area contributed by atoms with Gasteiger partial charge in [0.25, 0.3) is 0 Å². The molecule has 4 nitrogen and oxygen atoms in total. The van der Waals surface area contributed by atoms with Crippen molar-refractivity contribution < 1.29 is 14.3 Å². The molecule has 0 aromatic heterocycles. The summed E-state index contributed by atoms with van der Waals surface area (Å²) < 4.78 is 10.0. The van der Waals surface area contributed by atoms with E-state index in [9.17, 15) is 4.79 Å². The molecule has 1 aromatic carbocycles. The van der Waals surface area contributed by atoms with E-state index in [4.69, 9.17) is 10.5 Å². The van der Waals surface area contributed by atoms with Crippen molar-refractivity contribution in [3.05, 3.63) is 35.9 Å². The van der Waals surface area contributed by atoms with Crippen molar-refractivity contribution in [1.82, 2.24) is 0 Å². The van der Waals surface area contributed by atoms with Gasteiger partial charge in [-0.3, -0.25) is 0 Å². The molecule has 0 aliphatic heterocycles. The van der Waals surface area contributed by atoms with Crippen LogP contribution >= 0.6 is 0 Å². The molecule has 0 heterocycles. The van der Waals surface area contributed by atoms with Crippen molar-refractivity contribution in [3.8, 4) is 0 Å². The third kappa shape index (κ3) is 4.85. The standard InChI is InChI=1S/C14H21NO3/c1-14(15,13(16)17-2)11-18-10-6-9-12-7-4-3-5-8-12/h3-5,7-8H,6,9-11,15H2,1-2H3. The minimum absolute atomic E-state index is 0.175. The quantitative estimate of drug-likeness (QED) is 0.589. The predicted octanol–water partition coefficient (Wildman–Crippen LogP) is 1.53. The number of aryl methyl sites for hydroxylation is 1. The zero-order valence-corrected chi connectivity index (χ0v) is 11.0. The molecule has 4 heteroatoms. The van der Waals surface area contributed by atoms with Gasteiger partial charge in [0.15, 0.2) is 0 Å². The van der Waals surface area contributed by atoms with Crippen LogP contribution in [0.1, 0.15) is 18.9 Å². The second-order valence-corrected chi connectivity index (χ2v) is 4.55. The summed E-state index contributed by atoms with van der Waals surface area (Å²) in [4.78, 5) is 11.3. The Morgan fingerprint density at radius 3 is 2.61 bits per heavy atom. The highest BCUT2D eigenvalue weighted by Gasteiger charge is 2.29. The number of ether oxygens (including phenoxy) is 2. The number of carbonyl (C=O) groups excluding carboxylic acids is 1. The van der Waals surface area contributed by atoms with Gasteiger partial charge in [-0.2, -0.15) is 0 Å². The van der Waals surface area contributed by atoms with Crippen LogP contribution in [0.5, 0.6) is 0 Å². The van der Waals surface area contributed by atoms with E-state index >= 15 is 0 Å². The van der Waals surface area contributed by atoms with Crippen LogP contribution in [0.3, 0.4) is 0 Å². The Balaban J connectivity index is 2.17. The van der Waals surface area contributed by atoms with Gasteiger partial charge in [-0.15, -0.1) is 0 Å². The maximum Gasteiger partial charge on any atom is 0.327 e. The zero-order valence-electron chi connectivity index (χ0n) is 11.0. The summed E-state index contributed by atoms with van der Waals surface area (Å²) in [7, 11) is 1.32. The van der Waals surface area contributed by atoms with E-state index in [2.05, 4.69) is 16.9 Å². The monoisotopic (exact) mass is 251 g/mol. The molecule has 1 aromatic rings. The molecule has 0 amide bonds. The second-order valence-electron chi connectivity index (χ2n) is 4.55. The summed E-state index contributed by atoms with van der Waals surface area (Å²) in [6.45, 7) is 2.36. The Bertz CT molecular complexity index is 363. The molecule has 100 valence electrons. The minimum atomic E-state index is -1.07. The van der Waals surface area contributed by atoms with Crippen molar-refractivity contribution >= 4 is 5.97 Å². The largest absolute Gasteiger partial charge is 0.468 e. The fraction of sp³-hybridized carbons (Fsp3) is 0.500. The van der Waals surface area contributed by atoms with Gasteiger partial charge >= 0.3 is 5.97 Å². The molecular weight excluding hydrogens is 230 g/mol. The van der Waals surface area contributed by atoms with Crippen LogP contribution in [0.15, 0.2) is 30.3 Å². The van der Waals surface area contributed by atoms with E-state index in [-0.39, 0.29) is 6.61 Å². The maximum atomic E-state index is 11.3. The smallest absolute Gasteiger partial charge is 0.327 e. The lowest BCUT2D eigenvalue weighted by atomic mass is 10.1. The van der Waals surface area contributed by atoms with Crippen molar-refractivity contribution in [2.24, 2.45) is 5.73 Å². The summed E-state index contributed by atoms with van der Waals surface area (Å²) in [6, 6.07) is 10.2. The number of rotatable bonds is 7. The number of carbonyl (C=O) groups is 1. The summed E-state index contributed by atoms with van der Waals surface area (Å²) in [5, 5.41) is 0. The lowest BCUT2D eigenvalue weighted by molar-refractivity contribution is -0.148. The third-order valence-corrected chi connectivity index (χ3v) is 2.65. The number of benzene rings is 1. The van der Waals surface area contributed by atoms with Gasteiger partial charge < -0.3 is 15.2 Å². The van der Waals surface area contributed by atoms with E-state index in [1.165, 1.54) is 12.7 Å². The van der Waals surface area contributed by atoms with E-state index in [1.807, 2.05) is 18.2 Å². The van der Waals surface area contributed by atoms with Gasteiger partial charge in [-0.25, -0.2) is 4.79 Å². The Hall–Kier alpha value is -1.39. The Morgan fingerprint density at radius 2 is 2.00 bits per heavy atom. The molecule has 0 bridgehead atoms. The van der Waals surface area contributed by atoms with Gasteiger partial charge in [0, 0.05) is 6.61 Å². The van der Waals surface area contributed by atoms with Crippen LogP contribution < -0.4 is 5.73 Å². The molecule has 18 heavy (non-hydrogen) atoms. The van der Waals surface area contributed by atoms with Gasteiger partial charge in [-0.05, 0) is 25.3 Å². The first-order chi connectivity index (χ1) is 8.56. The highest BCUT2D eigenvalue weighted by molar-refractivity contribution is 5.80. The molecule has 1 rings (SSSR count). The number of hydrogen-bond acceptors (Lipinski definition) is 4. The number of methoxy groups -OCH3 is 1. The third-order valence-electron chi connectivity index (χ3n) is 2.65. The maximum absolute atomic E-state index is 11.3. The fourth-order valence-corrected chi connectivity index (χ4v) is 1.60. The molecule has 1 atom stereocenters. The Kier molecular flexibility index (Phi) is 5.82. The van der Waals surface area contributed by atoms with Crippen LogP contribution in [-0.2, 0) is 20.7 Å². The summed E-state index contributed by atoms with van der Waals surface area (Å²) in [5.74, 6) is -0.453. The molecule has 0 saturated carbocycles. The number of esters is 1. The van der Waals surface area contributed by atoms with Crippen LogP contribution in [0.25, 0.3) is 0 Å². The first-order valence-corrected chi connectivity index (χ1v) is 6.05. The Labute approximate surface area is 108 Å². The number of nitrogens with two attached hydrogens (primary N) is 1. The van der Waals surface area contributed by atoms with Crippen LogP contribution in [0.2, 0.25) is 0 Å². The lowest BCUT2D eigenvalue weighted by Crippen LogP contribution is -2.49. The molecule has 1 unspecified atom stereocenters. The molecule has 2 N–H and O–H groups in total. The zero-order chi connectivity index (χ0) is 13.4. The van der Waals surface area contributed by atoms with E-state index in [0.717, 1.165) is 12.8 Å². The summed E-state index contributed by atoms with van der Waals surface area (Å²) >= 11 is 0. The van der Waals surface area contributed by atoms with Crippen LogP contribution in [0.4, 0.5) is 0 Å². The minimum Gasteiger partial charge on any atom is -0.468 e. The van der Waals surface area contributed by atoms with E-state index in [0.29, 0.717) is 6.61 Å². The van der Waals surface area contributed by atoms with Crippen molar-refractivity contribution in [3.63, 3.8) is 0 Å². The van der Waals surface area contributed by atoms with Gasteiger partial charge in [0.05, 0.1) is 13.7 Å². The topological polar surface area (TPSA) is 61.5 Å². The highest BCUT2D eigenvalue weighted by Crippen LogP contribution is 2.05. The van der Waals surface area contributed by atoms with Gasteiger partial charge in [-0.1, -0.05) is 30.3 Å². The molecule has 0 fully saturated rings. The first-order valence-electron chi connectivity index (χ1n) is 6.05. The molecule has 0 aliphatic carbocycles. The van der Waals surface area contributed by atoms with Crippen molar-refractivity contribution in [2.75, 3.05) is 20.3 Å². The normalized spacial score (nSPS) is 13.9. The average Bonchev–Trinajstić information content (AvgIpc) is 2.38. The highest BCUT2D eigenvalue weighted by atomic mass is 16.5. The second kappa shape index (κ2) is 7.13. The summed E-state index contributed by atoms with van der Waals surface area (Å²) in [5.41, 5.74) is 5.98. The molecule has 0 aliphatic rings. The van der Waals surface area contributed by atoms with Gasteiger partial charge in [0.2, 0.25) is 0 Å². The first kappa shape index (κ1) is 14.7.